The van der Waals surface area contributed by atoms with Crippen molar-refractivity contribution in [3.63, 3.8) is 0 Å². The molecule has 0 unspecified atom stereocenters. The number of anilines is 3. The van der Waals surface area contributed by atoms with E-state index >= 15 is 8.78 Å². The Morgan fingerprint density at radius 3 is 2.48 bits per heavy atom. The number of aromatic nitrogens is 5. The highest BCUT2D eigenvalue weighted by atomic mass is 32.2. The topological polar surface area (TPSA) is 155 Å². The van der Waals surface area contributed by atoms with E-state index in [-0.39, 0.29) is 34.3 Å². The normalized spacial score (nSPS) is 14.6. The number of hydrogen-bond acceptors (Lipinski definition) is 9. The SMILES string of the molecule is Cc1c(F)cccc1S(=O)(=O)Nc1ccc(F)c(Nc2ncnc3ccc(-n4nc(C(=O)N5CCC(C)(O)CC5)c5ccccc54)nc23)c1F. The number of aliphatic hydroxyl groups is 1. The molecule has 16 heteroatoms. The number of nitrogens with one attached hydrogen (secondary N) is 2. The van der Waals surface area contributed by atoms with Crippen molar-refractivity contribution in [2.75, 3.05) is 23.1 Å². The van der Waals surface area contributed by atoms with Gasteiger partial charge in [0.05, 0.1) is 27.2 Å². The Kier molecular flexibility index (Phi) is 8.14. The minimum Gasteiger partial charge on any atom is -0.390 e. The third-order valence-corrected chi connectivity index (χ3v) is 10.2. The molecular weight excluding hydrogens is 673 g/mol. The number of hydrogen-bond donors (Lipinski definition) is 3. The number of halogens is 3. The number of carbonyl (C=O) groups is 1. The quantitative estimate of drug-likeness (QED) is 0.192. The monoisotopic (exact) mass is 702 g/mol. The van der Waals surface area contributed by atoms with Crippen LogP contribution < -0.4 is 10.0 Å². The molecule has 0 spiro atoms. The van der Waals surface area contributed by atoms with Gasteiger partial charge in [-0.2, -0.15) is 5.10 Å². The highest BCUT2D eigenvalue weighted by molar-refractivity contribution is 7.92. The molecule has 6 aromatic rings. The van der Waals surface area contributed by atoms with Gasteiger partial charge in [0.2, 0.25) is 0 Å². The van der Waals surface area contributed by atoms with Gasteiger partial charge in [-0.15, -0.1) is 0 Å². The van der Waals surface area contributed by atoms with E-state index in [9.17, 15) is 22.7 Å². The lowest BCUT2D eigenvalue weighted by Gasteiger charge is -2.35. The van der Waals surface area contributed by atoms with Crippen LogP contribution in [0.15, 0.2) is 78.0 Å². The van der Waals surface area contributed by atoms with E-state index in [2.05, 4.69) is 30.1 Å². The van der Waals surface area contributed by atoms with Crippen LogP contribution in [0.4, 0.5) is 30.4 Å². The molecule has 0 bridgehead atoms. The van der Waals surface area contributed by atoms with Gasteiger partial charge in [-0.1, -0.05) is 24.3 Å². The van der Waals surface area contributed by atoms with Crippen molar-refractivity contribution >= 4 is 55.1 Å². The minimum atomic E-state index is -4.46. The molecule has 3 N–H and O–H groups in total. The molecule has 0 atom stereocenters. The van der Waals surface area contributed by atoms with Crippen molar-refractivity contribution in [3.05, 3.63) is 102 Å². The summed E-state index contributed by atoms with van der Waals surface area (Å²) in [6.07, 6.45) is 2.03. The Balaban J connectivity index is 1.25. The van der Waals surface area contributed by atoms with Crippen molar-refractivity contribution < 1.29 is 31.5 Å². The van der Waals surface area contributed by atoms with Gasteiger partial charge in [-0.3, -0.25) is 9.52 Å². The molecule has 3 aromatic carbocycles. The predicted molar refractivity (Wildman–Crippen MR) is 179 cm³/mol. The van der Waals surface area contributed by atoms with E-state index in [4.69, 9.17) is 0 Å². The number of pyridine rings is 1. The summed E-state index contributed by atoms with van der Waals surface area (Å²) >= 11 is 0. The van der Waals surface area contributed by atoms with Crippen LogP contribution >= 0.6 is 0 Å². The maximum absolute atomic E-state index is 15.8. The first-order valence-corrected chi connectivity index (χ1v) is 17.0. The summed E-state index contributed by atoms with van der Waals surface area (Å²) in [5.74, 6) is -3.26. The number of rotatable bonds is 7. The van der Waals surface area contributed by atoms with E-state index in [0.29, 0.717) is 42.4 Å². The number of fused-ring (bicyclic) bond motifs is 2. The highest BCUT2D eigenvalue weighted by Gasteiger charge is 2.32. The highest BCUT2D eigenvalue weighted by Crippen LogP contribution is 2.33. The van der Waals surface area contributed by atoms with Gasteiger partial charge in [0.15, 0.2) is 23.1 Å². The minimum absolute atomic E-state index is 0.0934. The molecule has 1 amide bonds. The van der Waals surface area contributed by atoms with Crippen molar-refractivity contribution in [2.24, 2.45) is 0 Å². The molecule has 0 aliphatic carbocycles. The van der Waals surface area contributed by atoms with Gasteiger partial charge < -0.3 is 15.3 Å². The number of para-hydroxylation sites is 1. The van der Waals surface area contributed by atoms with Crippen LogP contribution in [0.25, 0.3) is 27.8 Å². The van der Waals surface area contributed by atoms with E-state index in [1.165, 1.54) is 23.7 Å². The van der Waals surface area contributed by atoms with E-state index < -0.39 is 49.3 Å². The summed E-state index contributed by atoms with van der Waals surface area (Å²) in [6, 6.07) is 15.6. The number of piperidine rings is 1. The van der Waals surface area contributed by atoms with Gasteiger partial charge >= 0.3 is 0 Å². The molecule has 50 heavy (non-hydrogen) atoms. The van der Waals surface area contributed by atoms with Gasteiger partial charge in [0.25, 0.3) is 15.9 Å². The fraction of sp³-hybridized carbons (Fsp3) is 0.206. The first-order chi connectivity index (χ1) is 23.8. The summed E-state index contributed by atoms with van der Waals surface area (Å²) in [7, 11) is -4.46. The Hall–Kier alpha value is -5.61. The second-order valence-electron chi connectivity index (χ2n) is 12.2. The number of sulfonamides is 1. The molecule has 4 heterocycles. The summed E-state index contributed by atoms with van der Waals surface area (Å²) in [5, 5.41) is 18.2. The first kappa shape index (κ1) is 32.9. The Morgan fingerprint density at radius 2 is 1.70 bits per heavy atom. The fourth-order valence-electron chi connectivity index (χ4n) is 5.82. The van der Waals surface area contributed by atoms with Gasteiger partial charge in [0, 0.05) is 24.0 Å². The molecule has 0 saturated carbocycles. The molecule has 0 radical (unpaired) electrons. The zero-order valence-electron chi connectivity index (χ0n) is 26.7. The van der Waals surface area contributed by atoms with Crippen molar-refractivity contribution in [1.82, 2.24) is 29.6 Å². The Labute approximate surface area is 283 Å². The first-order valence-electron chi connectivity index (χ1n) is 15.5. The second kappa shape index (κ2) is 12.4. The summed E-state index contributed by atoms with van der Waals surface area (Å²) < 4.78 is 74.7. The average molecular weight is 703 g/mol. The van der Waals surface area contributed by atoms with Crippen molar-refractivity contribution in [2.45, 2.75) is 37.2 Å². The van der Waals surface area contributed by atoms with Crippen LogP contribution in [0.1, 0.15) is 35.8 Å². The van der Waals surface area contributed by atoms with Crippen LogP contribution in [0.2, 0.25) is 0 Å². The van der Waals surface area contributed by atoms with Gasteiger partial charge in [-0.05, 0) is 69.2 Å². The zero-order chi connectivity index (χ0) is 35.4. The lowest BCUT2D eigenvalue weighted by molar-refractivity contribution is -0.00215. The lowest BCUT2D eigenvalue weighted by Crippen LogP contribution is -2.45. The zero-order valence-corrected chi connectivity index (χ0v) is 27.5. The van der Waals surface area contributed by atoms with Crippen LogP contribution in [0.5, 0.6) is 0 Å². The molecule has 1 aliphatic rings. The fourth-order valence-corrected chi connectivity index (χ4v) is 7.14. The Morgan fingerprint density at radius 1 is 0.940 bits per heavy atom. The largest absolute Gasteiger partial charge is 0.390 e. The van der Waals surface area contributed by atoms with Crippen LogP contribution in [0.3, 0.4) is 0 Å². The molecular formula is C34H29F3N8O4S. The van der Waals surface area contributed by atoms with Crippen LogP contribution in [-0.4, -0.2) is 67.8 Å². The van der Waals surface area contributed by atoms with E-state index in [0.717, 1.165) is 24.5 Å². The van der Waals surface area contributed by atoms with Crippen molar-refractivity contribution in [1.29, 1.82) is 0 Å². The molecule has 3 aromatic heterocycles. The molecule has 1 aliphatic heterocycles. The molecule has 12 nitrogen and oxygen atoms in total. The van der Waals surface area contributed by atoms with E-state index in [1.807, 2.05) is 0 Å². The lowest BCUT2D eigenvalue weighted by atomic mass is 9.93. The third kappa shape index (κ3) is 5.96. The Bertz CT molecular complexity index is 2430. The average Bonchev–Trinajstić information content (AvgIpc) is 3.48. The second-order valence-corrected chi connectivity index (χ2v) is 13.9. The third-order valence-electron chi connectivity index (χ3n) is 8.69. The molecule has 1 fully saturated rings. The number of carbonyl (C=O) groups excluding carboxylic acids is 1. The van der Waals surface area contributed by atoms with Crippen molar-refractivity contribution in [3.8, 4) is 5.82 Å². The van der Waals surface area contributed by atoms with Gasteiger partial charge in [0.1, 0.15) is 29.2 Å². The van der Waals surface area contributed by atoms with E-state index in [1.54, 1.807) is 48.2 Å². The predicted octanol–water partition coefficient (Wildman–Crippen LogP) is 5.62. The molecule has 7 rings (SSSR count). The number of benzene rings is 3. The standard InChI is InChI=1S/C34H29F3N8O4S/c1-19-21(35)7-5-9-26(19)50(48,49)43-23-11-10-22(36)30(28(23)37)41-32-31-24(38-18-39-32)12-13-27(40-31)45-25-8-4-3-6-20(25)29(42-45)33(46)44-16-14-34(2,47)15-17-44/h3-13,18,43,47H,14-17H2,1-2H3,(H,38,39,41). The summed E-state index contributed by atoms with van der Waals surface area (Å²) in [6.45, 7) is 3.75. The number of amides is 1. The maximum atomic E-state index is 15.8. The van der Waals surface area contributed by atoms with Crippen LogP contribution in [-0.2, 0) is 10.0 Å². The molecule has 256 valence electrons. The molecule has 1 saturated heterocycles. The summed E-state index contributed by atoms with van der Waals surface area (Å²) in [4.78, 5) is 27.9. The van der Waals surface area contributed by atoms with Gasteiger partial charge in [-0.25, -0.2) is 41.2 Å². The summed E-state index contributed by atoms with van der Waals surface area (Å²) in [5.41, 5.74) is -1.17. The van der Waals surface area contributed by atoms with Crippen LogP contribution in [0, 0.1) is 24.4 Å². The number of nitrogens with zero attached hydrogens (tertiary/aromatic N) is 6. The smallest absolute Gasteiger partial charge is 0.275 e. The maximum Gasteiger partial charge on any atom is 0.275 e. The number of likely N-dealkylation sites (tertiary alicyclic amines) is 1.